The van der Waals surface area contributed by atoms with Crippen molar-refractivity contribution in [2.75, 3.05) is 5.32 Å². The molecule has 0 spiro atoms. The first-order valence-electron chi connectivity index (χ1n) is 7.17. The second-order valence-electron chi connectivity index (χ2n) is 5.02. The highest BCUT2D eigenvalue weighted by Gasteiger charge is 2.11. The van der Waals surface area contributed by atoms with Gasteiger partial charge in [0.05, 0.1) is 11.3 Å². The molecule has 0 aliphatic rings. The maximum Gasteiger partial charge on any atom is 0.229 e. The van der Waals surface area contributed by atoms with Crippen molar-refractivity contribution < 1.29 is 4.42 Å². The Kier molecular flexibility index (Phi) is 3.09. The number of fused-ring (bicyclic) bond motifs is 1. The van der Waals surface area contributed by atoms with Crippen LogP contribution >= 0.6 is 0 Å². The van der Waals surface area contributed by atoms with Gasteiger partial charge in [-0.15, -0.1) is 0 Å². The van der Waals surface area contributed by atoms with E-state index in [0.29, 0.717) is 5.89 Å². The molecule has 0 saturated carbocycles. The lowest BCUT2D eigenvalue weighted by atomic mass is 10.1. The summed E-state index contributed by atoms with van der Waals surface area (Å²) in [6.45, 7) is 0. The van der Waals surface area contributed by atoms with Crippen molar-refractivity contribution >= 4 is 22.5 Å². The molecule has 0 fully saturated rings. The number of hydrogen-bond acceptors (Lipinski definition) is 3. The smallest absolute Gasteiger partial charge is 0.229 e. The average molecular weight is 286 g/mol. The van der Waals surface area contributed by atoms with E-state index in [0.717, 1.165) is 28.0 Å². The first kappa shape index (κ1) is 12.7. The predicted octanol–water partition coefficient (Wildman–Crippen LogP) is 5.24. The molecule has 1 N–H and O–H groups in total. The third kappa shape index (κ3) is 2.33. The van der Waals surface area contributed by atoms with Gasteiger partial charge < -0.3 is 9.73 Å². The molecule has 0 saturated heterocycles. The summed E-state index contributed by atoms with van der Waals surface area (Å²) in [5.74, 6) is 0.625. The summed E-state index contributed by atoms with van der Waals surface area (Å²) in [7, 11) is 0. The van der Waals surface area contributed by atoms with Crippen LogP contribution < -0.4 is 5.32 Å². The van der Waals surface area contributed by atoms with E-state index in [2.05, 4.69) is 10.3 Å². The molecule has 0 atom stereocenters. The van der Waals surface area contributed by atoms with Crippen LogP contribution in [0.4, 0.5) is 11.4 Å². The van der Waals surface area contributed by atoms with Gasteiger partial charge in [-0.2, -0.15) is 0 Å². The second-order valence-corrected chi connectivity index (χ2v) is 5.02. The van der Waals surface area contributed by atoms with Crippen LogP contribution in [0.3, 0.4) is 0 Å². The summed E-state index contributed by atoms with van der Waals surface area (Å²) < 4.78 is 5.88. The lowest BCUT2D eigenvalue weighted by Crippen LogP contribution is -1.92. The number of para-hydroxylation sites is 4. The Morgan fingerprint density at radius 2 is 1.45 bits per heavy atom. The van der Waals surface area contributed by atoms with Gasteiger partial charge in [-0.3, -0.25) is 0 Å². The van der Waals surface area contributed by atoms with E-state index in [1.165, 1.54) is 0 Å². The maximum absolute atomic E-state index is 5.88. The van der Waals surface area contributed by atoms with E-state index in [9.17, 15) is 0 Å². The monoisotopic (exact) mass is 286 g/mol. The average Bonchev–Trinajstić information content (AvgIpc) is 3.00. The van der Waals surface area contributed by atoms with Gasteiger partial charge in [0.1, 0.15) is 5.52 Å². The van der Waals surface area contributed by atoms with Gasteiger partial charge in [0.15, 0.2) is 5.58 Å². The SMILES string of the molecule is c1ccc(Nc2ccccc2-c2nc3ccccc3o2)cc1. The van der Waals surface area contributed by atoms with Crippen molar-refractivity contribution in [2.24, 2.45) is 0 Å². The van der Waals surface area contributed by atoms with E-state index < -0.39 is 0 Å². The van der Waals surface area contributed by atoms with Gasteiger partial charge in [-0.1, -0.05) is 42.5 Å². The maximum atomic E-state index is 5.88. The van der Waals surface area contributed by atoms with Crippen LogP contribution in [0.25, 0.3) is 22.6 Å². The zero-order valence-corrected chi connectivity index (χ0v) is 11.9. The minimum absolute atomic E-state index is 0.625. The zero-order valence-electron chi connectivity index (χ0n) is 11.9. The predicted molar refractivity (Wildman–Crippen MR) is 89.2 cm³/mol. The molecule has 1 aromatic heterocycles. The Morgan fingerprint density at radius 3 is 2.32 bits per heavy atom. The molecule has 0 aliphatic carbocycles. The first-order chi connectivity index (χ1) is 10.9. The summed E-state index contributed by atoms with van der Waals surface area (Å²) in [6.07, 6.45) is 0. The Bertz CT molecular complexity index is 880. The summed E-state index contributed by atoms with van der Waals surface area (Å²) in [5, 5.41) is 3.42. The molecule has 3 nitrogen and oxygen atoms in total. The summed E-state index contributed by atoms with van der Waals surface area (Å²) >= 11 is 0. The molecular weight excluding hydrogens is 272 g/mol. The molecule has 106 valence electrons. The topological polar surface area (TPSA) is 38.1 Å². The number of nitrogens with one attached hydrogen (secondary N) is 1. The summed E-state index contributed by atoms with van der Waals surface area (Å²) in [6, 6.07) is 25.9. The molecule has 4 aromatic rings. The van der Waals surface area contributed by atoms with Crippen molar-refractivity contribution in [1.29, 1.82) is 0 Å². The fraction of sp³-hybridized carbons (Fsp3) is 0. The third-order valence-electron chi connectivity index (χ3n) is 3.50. The van der Waals surface area contributed by atoms with E-state index in [4.69, 9.17) is 4.42 Å². The van der Waals surface area contributed by atoms with Crippen LogP contribution in [-0.2, 0) is 0 Å². The second kappa shape index (κ2) is 5.37. The number of benzene rings is 3. The van der Waals surface area contributed by atoms with Crippen molar-refractivity contribution in [1.82, 2.24) is 4.98 Å². The molecule has 0 bridgehead atoms. The lowest BCUT2D eigenvalue weighted by molar-refractivity contribution is 0.620. The fourth-order valence-corrected chi connectivity index (χ4v) is 2.44. The molecule has 0 unspecified atom stereocenters. The molecule has 0 radical (unpaired) electrons. The largest absolute Gasteiger partial charge is 0.436 e. The highest BCUT2D eigenvalue weighted by atomic mass is 16.3. The fourth-order valence-electron chi connectivity index (χ4n) is 2.44. The van der Waals surface area contributed by atoms with Crippen molar-refractivity contribution in [3.8, 4) is 11.5 Å². The van der Waals surface area contributed by atoms with Crippen molar-refractivity contribution in [3.05, 3.63) is 78.9 Å². The minimum Gasteiger partial charge on any atom is -0.436 e. The summed E-state index contributed by atoms with van der Waals surface area (Å²) in [4.78, 5) is 4.58. The van der Waals surface area contributed by atoms with E-state index in [1.807, 2.05) is 78.9 Å². The van der Waals surface area contributed by atoms with Crippen molar-refractivity contribution in [3.63, 3.8) is 0 Å². The lowest BCUT2D eigenvalue weighted by Gasteiger charge is -2.09. The van der Waals surface area contributed by atoms with Crippen LogP contribution in [0.2, 0.25) is 0 Å². The van der Waals surface area contributed by atoms with E-state index in [-0.39, 0.29) is 0 Å². The third-order valence-corrected chi connectivity index (χ3v) is 3.50. The quantitative estimate of drug-likeness (QED) is 0.559. The van der Waals surface area contributed by atoms with Gasteiger partial charge >= 0.3 is 0 Å². The van der Waals surface area contributed by atoms with Gasteiger partial charge in [0.2, 0.25) is 5.89 Å². The van der Waals surface area contributed by atoms with Gasteiger partial charge in [0, 0.05) is 5.69 Å². The van der Waals surface area contributed by atoms with Gasteiger partial charge in [-0.05, 0) is 36.4 Å². The molecule has 0 amide bonds. The molecule has 3 heteroatoms. The van der Waals surface area contributed by atoms with Crippen molar-refractivity contribution in [2.45, 2.75) is 0 Å². The normalized spacial score (nSPS) is 10.7. The minimum atomic E-state index is 0.625. The molecular formula is C19H14N2O. The van der Waals surface area contributed by atoms with Crippen LogP contribution in [0.15, 0.2) is 83.3 Å². The molecule has 22 heavy (non-hydrogen) atoms. The van der Waals surface area contributed by atoms with E-state index >= 15 is 0 Å². The number of anilines is 2. The molecule has 0 aliphatic heterocycles. The molecule has 1 heterocycles. The first-order valence-corrected chi connectivity index (χ1v) is 7.17. The summed E-state index contributed by atoms with van der Waals surface area (Å²) in [5.41, 5.74) is 4.62. The van der Waals surface area contributed by atoms with Crippen LogP contribution in [0.1, 0.15) is 0 Å². The van der Waals surface area contributed by atoms with Crippen LogP contribution in [0.5, 0.6) is 0 Å². The Balaban J connectivity index is 1.78. The molecule has 4 rings (SSSR count). The number of nitrogens with zero attached hydrogens (tertiary/aromatic N) is 1. The standard InChI is InChI=1S/C19H14N2O/c1-2-8-14(9-3-1)20-16-11-5-4-10-15(16)19-21-17-12-6-7-13-18(17)22-19/h1-13,20H. The van der Waals surface area contributed by atoms with Gasteiger partial charge in [-0.25, -0.2) is 4.98 Å². The highest BCUT2D eigenvalue weighted by Crippen LogP contribution is 2.31. The van der Waals surface area contributed by atoms with E-state index in [1.54, 1.807) is 0 Å². The number of aromatic nitrogens is 1. The zero-order chi connectivity index (χ0) is 14.8. The molecule has 3 aromatic carbocycles. The van der Waals surface area contributed by atoms with Gasteiger partial charge in [0.25, 0.3) is 0 Å². The number of oxazole rings is 1. The van der Waals surface area contributed by atoms with Crippen LogP contribution in [-0.4, -0.2) is 4.98 Å². The number of hydrogen-bond donors (Lipinski definition) is 1. The van der Waals surface area contributed by atoms with Crippen LogP contribution in [0, 0.1) is 0 Å². The Hall–Kier alpha value is -3.07. The number of rotatable bonds is 3. The highest BCUT2D eigenvalue weighted by molar-refractivity contribution is 5.81. The Labute approximate surface area is 128 Å². The Morgan fingerprint density at radius 1 is 0.727 bits per heavy atom.